The fourth-order valence-corrected chi connectivity index (χ4v) is 2.27. The van der Waals surface area contributed by atoms with Crippen LogP contribution in [-0.2, 0) is 6.54 Å². The van der Waals surface area contributed by atoms with Crippen LogP contribution in [0.5, 0.6) is 0 Å². The molecule has 1 aromatic heterocycles. The molecule has 0 amide bonds. The maximum Gasteiger partial charge on any atom is 0.183 e. The second kappa shape index (κ2) is 6.57. The molecule has 0 radical (unpaired) electrons. The van der Waals surface area contributed by atoms with E-state index in [-0.39, 0.29) is 29.7 Å². The second-order valence-corrected chi connectivity index (χ2v) is 5.21. The number of carbonyl (C=O) groups is 1. The summed E-state index contributed by atoms with van der Waals surface area (Å²) < 4.78 is 27.8. The van der Waals surface area contributed by atoms with Gasteiger partial charge in [0.05, 0.1) is 5.69 Å². The zero-order valence-corrected chi connectivity index (χ0v) is 12.8. The van der Waals surface area contributed by atoms with Crippen molar-refractivity contribution in [2.75, 3.05) is 5.32 Å². The van der Waals surface area contributed by atoms with Gasteiger partial charge < -0.3 is 5.32 Å². The number of rotatable bonds is 5. The molecule has 0 saturated heterocycles. The van der Waals surface area contributed by atoms with Crippen LogP contribution >= 0.6 is 0 Å². The number of anilines is 1. The third kappa shape index (κ3) is 3.29. The molecule has 0 atom stereocenters. The molecule has 24 heavy (non-hydrogen) atoms. The van der Waals surface area contributed by atoms with Gasteiger partial charge in [0.15, 0.2) is 17.3 Å². The van der Waals surface area contributed by atoms with Crippen molar-refractivity contribution in [2.45, 2.75) is 13.5 Å². The minimum absolute atomic E-state index is 0.163. The number of hydrogen-bond donors (Lipinski definition) is 1. The van der Waals surface area contributed by atoms with Crippen LogP contribution in [0.15, 0.2) is 48.5 Å². The van der Waals surface area contributed by atoms with E-state index in [1.165, 1.54) is 48.0 Å². The molecule has 3 aromatic rings. The molecule has 0 aliphatic heterocycles. The van der Waals surface area contributed by atoms with Crippen LogP contribution in [-0.4, -0.2) is 20.8 Å². The van der Waals surface area contributed by atoms with Gasteiger partial charge in [-0.05, 0) is 42.0 Å². The summed E-state index contributed by atoms with van der Waals surface area (Å²) in [6.07, 6.45) is 0. The van der Waals surface area contributed by atoms with Crippen LogP contribution in [0.4, 0.5) is 14.6 Å². The van der Waals surface area contributed by atoms with Crippen LogP contribution in [0.3, 0.4) is 0 Å². The summed E-state index contributed by atoms with van der Waals surface area (Å²) in [6.45, 7) is 1.67. The monoisotopic (exact) mass is 328 g/mol. The highest BCUT2D eigenvalue weighted by Gasteiger charge is 2.17. The van der Waals surface area contributed by atoms with Crippen molar-refractivity contribution in [1.29, 1.82) is 0 Å². The lowest BCUT2D eigenvalue weighted by atomic mass is 10.2. The van der Waals surface area contributed by atoms with Gasteiger partial charge in [0.25, 0.3) is 0 Å². The quantitative estimate of drug-likeness (QED) is 0.730. The SMILES string of the molecule is CC(=O)c1nnn(-c2ccc(F)cc2)c1NCc1cccc(F)c1. The van der Waals surface area contributed by atoms with Crippen molar-refractivity contribution in [3.05, 3.63) is 71.4 Å². The fraction of sp³-hybridized carbons (Fsp3) is 0.118. The number of benzene rings is 2. The molecule has 0 unspecified atom stereocenters. The van der Waals surface area contributed by atoms with Crippen molar-refractivity contribution in [2.24, 2.45) is 0 Å². The molecule has 3 rings (SSSR count). The predicted octanol–water partition coefficient (Wildman–Crippen LogP) is 3.36. The maximum atomic E-state index is 13.3. The molecule has 1 N–H and O–H groups in total. The molecule has 0 aliphatic rings. The first-order valence-corrected chi connectivity index (χ1v) is 7.25. The van der Waals surface area contributed by atoms with Gasteiger partial charge in [-0.1, -0.05) is 17.3 Å². The minimum atomic E-state index is -0.375. The molecule has 0 fully saturated rings. The molecular formula is C17H14F2N4O. The van der Waals surface area contributed by atoms with Crippen LogP contribution in [0.2, 0.25) is 0 Å². The average Bonchev–Trinajstić information content (AvgIpc) is 2.98. The Balaban J connectivity index is 1.93. The smallest absolute Gasteiger partial charge is 0.183 e. The minimum Gasteiger partial charge on any atom is -0.364 e. The zero-order valence-electron chi connectivity index (χ0n) is 12.8. The largest absolute Gasteiger partial charge is 0.364 e. The van der Waals surface area contributed by atoms with Gasteiger partial charge >= 0.3 is 0 Å². The Morgan fingerprint density at radius 3 is 2.54 bits per heavy atom. The van der Waals surface area contributed by atoms with Gasteiger partial charge in [-0.15, -0.1) is 5.10 Å². The molecular weight excluding hydrogens is 314 g/mol. The Labute approximate surface area is 136 Å². The average molecular weight is 328 g/mol. The third-order valence-electron chi connectivity index (χ3n) is 3.42. The molecule has 0 bridgehead atoms. The van der Waals surface area contributed by atoms with Crippen molar-refractivity contribution in [3.63, 3.8) is 0 Å². The van der Waals surface area contributed by atoms with E-state index >= 15 is 0 Å². The van der Waals surface area contributed by atoms with E-state index in [1.54, 1.807) is 12.1 Å². The predicted molar refractivity (Wildman–Crippen MR) is 85.0 cm³/mol. The number of ketones is 1. The normalized spacial score (nSPS) is 10.6. The molecule has 5 nitrogen and oxygen atoms in total. The third-order valence-corrected chi connectivity index (χ3v) is 3.42. The van der Waals surface area contributed by atoms with Gasteiger partial charge in [-0.25, -0.2) is 8.78 Å². The van der Waals surface area contributed by atoms with Gasteiger partial charge in [0, 0.05) is 13.5 Å². The van der Waals surface area contributed by atoms with E-state index in [1.807, 2.05) is 0 Å². The number of carbonyl (C=O) groups excluding carboxylic acids is 1. The Bertz CT molecular complexity index is 875. The van der Waals surface area contributed by atoms with Crippen molar-refractivity contribution in [1.82, 2.24) is 15.0 Å². The molecule has 0 aliphatic carbocycles. The standard InChI is InChI=1S/C17H14F2N4O/c1-11(24)16-17(20-10-12-3-2-4-14(19)9-12)23(22-21-16)15-7-5-13(18)6-8-15/h2-9,20H,10H2,1H3. The summed E-state index contributed by atoms with van der Waals surface area (Å²) >= 11 is 0. The molecule has 122 valence electrons. The number of halogens is 2. The Hall–Kier alpha value is -3.09. The second-order valence-electron chi connectivity index (χ2n) is 5.21. The summed E-state index contributed by atoms with van der Waals surface area (Å²) in [5.41, 5.74) is 1.42. The lowest BCUT2D eigenvalue weighted by Crippen LogP contribution is -2.09. The molecule has 2 aromatic carbocycles. The van der Waals surface area contributed by atoms with Crippen LogP contribution in [0.1, 0.15) is 23.0 Å². The highest BCUT2D eigenvalue weighted by atomic mass is 19.1. The first kappa shape index (κ1) is 15.8. The van der Waals surface area contributed by atoms with Gasteiger partial charge in [-0.2, -0.15) is 4.68 Å². The highest BCUT2D eigenvalue weighted by molar-refractivity contribution is 5.96. The molecule has 1 heterocycles. The first-order valence-electron chi connectivity index (χ1n) is 7.25. The maximum absolute atomic E-state index is 13.3. The van der Waals surface area contributed by atoms with Gasteiger partial charge in [0.1, 0.15) is 11.6 Å². The Morgan fingerprint density at radius 2 is 1.88 bits per heavy atom. The number of nitrogens with one attached hydrogen (secondary N) is 1. The number of hydrogen-bond acceptors (Lipinski definition) is 4. The van der Waals surface area contributed by atoms with Gasteiger partial charge in [0.2, 0.25) is 0 Å². The summed E-state index contributed by atoms with van der Waals surface area (Å²) in [4.78, 5) is 11.8. The van der Waals surface area contributed by atoms with Crippen LogP contribution < -0.4 is 5.32 Å². The number of nitrogens with zero attached hydrogens (tertiary/aromatic N) is 3. The summed E-state index contributed by atoms with van der Waals surface area (Å²) in [5.74, 6) is -0.602. The van der Waals surface area contributed by atoms with Crippen LogP contribution in [0.25, 0.3) is 5.69 Å². The van der Waals surface area contributed by atoms with E-state index in [0.29, 0.717) is 17.1 Å². The summed E-state index contributed by atoms with van der Waals surface area (Å²) in [7, 11) is 0. The van der Waals surface area contributed by atoms with E-state index in [4.69, 9.17) is 0 Å². The van der Waals surface area contributed by atoms with E-state index in [2.05, 4.69) is 15.6 Å². The van der Waals surface area contributed by atoms with Crippen molar-refractivity contribution < 1.29 is 13.6 Å². The molecule has 0 saturated carbocycles. The summed E-state index contributed by atoms with van der Waals surface area (Å²) in [6, 6.07) is 11.8. The van der Waals surface area contributed by atoms with E-state index < -0.39 is 0 Å². The van der Waals surface area contributed by atoms with Crippen LogP contribution in [0, 0.1) is 11.6 Å². The Morgan fingerprint density at radius 1 is 1.12 bits per heavy atom. The van der Waals surface area contributed by atoms with Crippen molar-refractivity contribution in [3.8, 4) is 5.69 Å². The lowest BCUT2D eigenvalue weighted by molar-refractivity contribution is 0.101. The van der Waals surface area contributed by atoms with E-state index in [9.17, 15) is 13.6 Å². The topological polar surface area (TPSA) is 59.8 Å². The van der Waals surface area contributed by atoms with Crippen molar-refractivity contribution >= 4 is 11.6 Å². The molecule has 0 spiro atoms. The van der Waals surface area contributed by atoms with Gasteiger partial charge in [-0.3, -0.25) is 4.79 Å². The first-order chi connectivity index (χ1) is 11.5. The summed E-state index contributed by atoms with van der Waals surface area (Å²) in [5, 5.41) is 10.9. The fourth-order valence-electron chi connectivity index (χ4n) is 2.27. The zero-order chi connectivity index (χ0) is 17.1. The highest BCUT2D eigenvalue weighted by Crippen LogP contribution is 2.20. The molecule has 7 heteroatoms. The Kier molecular flexibility index (Phi) is 4.33. The van der Waals surface area contributed by atoms with E-state index in [0.717, 1.165) is 0 Å². The number of aromatic nitrogens is 3. The lowest BCUT2D eigenvalue weighted by Gasteiger charge is -2.10. The number of Topliss-reactive ketones (excluding diaryl/α,β-unsaturated/α-hetero) is 1.